The van der Waals surface area contributed by atoms with Crippen molar-refractivity contribution in [3.8, 4) is 0 Å². The molecule has 0 spiro atoms. The van der Waals surface area contributed by atoms with Crippen LogP contribution in [0.3, 0.4) is 0 Å². The van der Waals surface area contributed by atoms with Crippen LogP contribution < -0.4 is 0 Å². The van der Waals surface area contributed by atoms with Crippen LogP contribution >= 0.6 is 0 Å². The zero-order chi connectivity index (χ0) is 15.5. The van der Waals surface area contributed by atoms with Gasteiger partial charge in [-0.2, -0.15) is 0 Å². The number of rotatable bonds is 10. The van der Waals surface area contributed by atoms with Gasteiger partial charge in [0.2, 0.25) is 0 Å². The van der Waals surface area contributed by atoms with Crippen LogP contribution in [0.4, 0.5) is 8.78 Å². The van der Waals surface area contributed by atoms with E-state index in [0.717, 1.165) is 37.5 Å². The molecule has 118 valence electrons. The van der Waals surface area contributed by atoms with E-state index in [9.17, 15) is 13.6 Å². The molecule has 0 fully saturated rings. The zero-order valence-electron chi connectivity index (χ0n) is 12.7. The van der Waals surface area contributed by atoms with Crippen LogP contribution in [0.2, 0.25) is 0 Å². The number of hydrogen-bond acceptors (Lipinski definition) is 2. The van der Waals surface area contributed by atoms with Crippen LogP contribution in [0.5, 0.6) is 0 Å². The van der Waals surface area contributed by atoms with Crippen molar-refractivity contribution in [1.29, 1.82) is 0 Å². The van der Waals surface area contributed by atoms with Gasteiger partial charge in [-0.25, -0.2) is 13.6 Å². The van der Waals surface area contributed by atoms with Crippen molar-refractivity contribution in [3.63, 3.8) is 0 Å². The smallest absolute Gasteiger partial charge is 0.341 e. The average Bonchev–Trinajstić information content (AvgIpc) is 2.48. The third-order valence-corrected chi connectivity index (χ3v) is 3.38. The Morgan fingerprint density at radius 3 is 2.29 bits per heavy atom. The van der Waals surface area contributed by atoms with Gasteiger partial charge in [-0.15, -0.1) is 0 Å². The SMILES string of the molecule is CCCCCCCCCCOC(=O)c1cc(F)ccc1F. The Morgan fingerprint density at radius 1 is 1.00 bits per heavy atom. The first kappa shape index (κ1) is 17.6. The van der Waals surface area contributed by atoms with Gasteiger partial charge in [0.05, 0.1) is 12.2 Å². The summed E-state index contributed by atoms with van der Waals surface area (Å²) < 4.78 is 31.2. The highest BCUT2D eigenvalue weighted by Gasteiger charge is 2.13. The van der Waals surface area contributed by atoms with E-state index in [2.05, 4.69) is 6.92 Å². The van der Waals surface area contributed by atoms with E-state index in [-0.39, 0.29) is 12.2 Å². The third-order valence-electron chi connectivity index (χ3n) is 3.38. The highest BCUT2D eigenvalue weighted by atomic mass is 19.1. The minimum absolute atomic E-state index is 0.254. The lowest BCUT2D eigenvalue weighted by molar-refractivity contribution is 0.0491. The Labute approximate surface area is 125 Å². The summed E-state index contributed by atoms with van der Waals surface area (Å²) in [6, 6.07) is 2.78. The normalized spacial score (nSPS) is 10.6. The van der Waals surface area contributed by atoms with E-state index in [4.69, 9.17) is 4.74 Å². The maximum absolute atomic E-state index is 13.3. The van der Waals surface area contributed by atoms with Crippen molar-refractivity contribution in [3.05, 3.63) is 35.4 Å². The van der Waals surface area contributed by atoms with Crippen LogP contribution in [0.1, 0.15) is 68.6 Å². The molecule has 0 aliphatic heterocycles. The lowest BCUT2D eigenvalue weighted by Crippen LogP contribution is -2.09. The molecule has 21 heavy (non-hydrogen) atoms. The van der Waals surface area contributed by atoms with E-state index in [0.29, 0.717) is 0 Å². The van der Waals surface area contributed by atoms with Crippen molar-refractivity contribution in [2.45, 2.75) is 58.3 Å². The molecular formula is C17H24F2O2. The van der Waals surface area contributed by atoms with Gasteiger partial charge in [0.15, 0.2) is 0 Å². The van der Waals surface area contributed by atoms with Gasteiger partial charge >= 0.3 is 5.97 Å². The number of ether oxygens (including phenoxy) is 1. The molecular weight excluding hydrogens is 274 g/mol. The fourth-order valence-electron chi connectivity index (χ4n) is 2.13. The topological polar surface area (TPSA) is 26.3 Å². The molecule has 1 rings (SSSR count). The van der Waals surface area contributed by atoms with Gasteiger partial charge < -0.3 is 4.74 Å². The second-order valence-corrected chi connectivity index (χ2v) is 5.23. The number of benzene rings is 1. The number of halogens is 2. The van der Waals surface area contributed by atoms with Crippen LogP contribution in [0.25, 0.3) is 0 Å². The summed E-state index contributed by atoms with van der Waals surface area (Å²) in [7, 11) is 0. The summed E-state index contributed by atoms with van der Waals surface area (Å²) in [4.78, 5) is 11.6. The van der Waals surface area contributed by atoms with Gasteiger partial charge in [-0.1, -0.05) is 51.9 Å². The Kier molecular flexibility index (Phi) is 8.63. The fraction of sp³-hybridized carbons (Fsp3) is 0.588. The van der Waals surface area contributed by atoms with E-state index < -0.39 is 17.6 Å². The van der Waals surface area contributed by atoms with Crippen LogP contribution in [0.15, 0.2) is 18.2 Å². The molecule has 0 saturated heterocycles. The summed E-state index contributed by atoms with van der Waals surface area (Å²) >= 11 is 0. The lowest BCUT2D eigenvalue weighted by Gasteiger charge is -2.06. The summed E-state index contributed by atoms with van der Waals surface area (Å²) in [5.41, 5.74) is -0.338. The monoisotopic (exact) mass is 298 g/mol. The summed E-state index contributed by atoms with van der Waals surface area (Å²) in [6.45, 7) is 2.44. The highest BCUT2D eigenvalue weighted by Crippen LogP contribution is 2.12. The van der Waals surface area contributed by atoms with Gasteiger partial charge in [0.1, 0.15) is 11.6 Å². The van der Waals surface area contributed by atoms with Crippen LogP contribution in [-0.4, -0.2) is 12.6 Å². The molecule has 2 nitrogen and oxygen atoms in total. The minimum Gasteiger partial charge on any atom is -0.462 e. The highest BCUT2D eigenvalue weighted by molar-refractivity contribution is 5.89. The Balaban J connectivity index is 2.12. The van der Waals surface area contributed by atoms with E-state index in [1.807, 2.05) is 0 Å². The van der Waals surface area contributed by atoms with Crippen molar-refractivity contribution < 1.29 is 18.3 Å². The van der Waals surface area contributed by atoms with E-state index >= 15 is 0 Å². The Bertz CT molecular complexity index is 433. The zero-order valence-corrected chi connectivity index (χ0v) is 12.7. The maximum atomic E-state index is 13.3. The van der Waals surface area contributed by atoms with Crippen LogP contribution in [-0.2, 0) is 4.74 Å². The minimum atomic E-state index is -0.796. The summed E-state index contributed by atoms with van der Waals surface area (Å²) in [5.74, 6) is -2.19. The van der Waals surface area contributed by atoms with Crippen molar-refractivity contribution in [2.24, 2.45) is 0 Å². The number of esters is 1. The molecule has 1 aromatic rings. The van der Waals surface area contributed by atoms with Gasteiger partial charge in [-0.05, 0) is 24.6 Å². The molecule has 0 aliphatic rings. The largest absolute Gasteiger partial charge is 0.462 e. The molecule has 0 atom stereocenters. The number of carbonyl (C=O) groups is 1. The molecule has 0 unspecified atom stereocenters. The standard InChI is InChI=1S/C17H24F2O2/c1-2-3-4-5-6-7-8-9-12-21-17(20)15-13-14(18)10-11-16(15)19/h10-11,13H,2-9,12H2,1H3. The second-order valence-electron chi connectivity index (χ2n) is 5.23. The predicted molar refractivity (Wildman–Crippen MR) is 79.3 cm³/mol. The van der Waals surface area contributed by atoms with Gasteiger partial charge in [-0.3, -0.25) is 0 Å². The molecule has 0 aliphatic carbocycles. The average molecular weight is 298 g/mol. The molecule has 4 heteroatoms. The Morgan fingerprint density at radius 2 is 1.62 bits per heavy atom. The van der Waals surface area contributed by atoms with E-state index in [1.165, 1.54) is 32.1 Å². The number of unbranched alkanes of at least 4 members (excludes halogenated alkanes) is 7. The molecule has 0 radical (unpaired) electrons. The fourth-order valence-corrected chi connectivity index (χ4v) is 2.13. The van der Waals surface area contributed by atoms with Crippen molar-refractivity contribution in [2.75, 3.05) is 6.61 Å². The first-order valence-corrected chi connectivity index (χ1v) is 7.77. The van der Waals surface area contributed by atoms with Crippen LogP contribution in [0, 0.1) is 11.6 Å². The Hall–Kier alpha value is -1.45. The first-order chi connectivity index (χ1) is 10.1. The molecule has 0 aromatic heterocycles. The number of carbonyl (C=O) groups excluding carboxylic acids is 1. The predicted octanol–water partition coefficient (Wildman–Crippen LogP) is 5.26. The summed E-state index contributed by atoms with van der Waals surface area (Å²) in [6.07, 6.45) is 9.14. The molecule has 0 heterocycles. The van der Waals surface area contributed by atoms with Gasteiger partial charge in [0, 0.05) is 0 Å². The third kappa shape index (κ3) is 7.21. The molecule has 1 aromatic carbocycles. The quantitative estimate of drug-likeness (QED) is 0.435. The van der Waals surface area contributed by atoms with E-state index in [1.54, 1.807) is 0 Å². The summed E-state index contributed by atoms with van der Waals surface area (Å²) in [5, 5.41) is 0. The van der Waals surface area contributed by atoms with Gasteiger partial charge in [0.25, 0.3) is 0 Å². The molecule has 0 saturated carbocycles. The van der Waals surface area contributed by atoms with Crippen molar-refractivity contribution in [1.82, 2.24) is 0 Å². The maximum Gasteiger partial charge on any atom is 0.341 e. The molecule has 0 bridgehead atoms. The lowest BCUT2D eigenvalue weighted by atomic mass is 10.1. The molecule has 0 N–H and O–H groups in total. The molecule has 0 amide bonds. The second kappa shape index (κ2) is 10.3. The first-order valence-electron chi connectivity index (χ1n) is 7.77. The van der Waals surface area contributed by atoms with Crippen molar-refractivity contribution >= 4 is 5.97 Å². The number of hydrogen-bond donors (Lipinski definition) is 0.